The molecule has 0 bridgehead atoms. The smallest absolute Gasteiger partial charge is 0.365 e. The van der Waals surface area contributed by atoms with Gasteiger partial charge in [0.1, 0.15) is 6.54 Å². The Hall–Kier alpha value is -0.930. The van der Waals surface area contributed by atoms with Gasteiger partial charge in [0, 0.05) is 6.54 Å². The normalized spacial score (nSPS) is 18.0. The molecule has 0 aromatic heterocycles. The third-order valence-electron chi connectivity index (χ3n) is 1.58. The average molecular weight is 177 g/mol. The van der Waals surface area contributed by atoms with Crippen LogP contribution in [-0.4, -0.2) is 24.2 Å². The van der Waals surface area contributed by atoms with Crippen molar-refractivity contribution >= 4 is 0 Å². The Kier molecular flexibility index (Phi) is 2.45. The average Bonchev–Trinajstić information content (AvgIpc) is 1.91. The second kappa shape index (κ2) is 3.21. The van der Waals surface area contributed by atoms with E-state index in [4.69, 9.17) is 0 Å². The Morgan fingerprint density at radius 2 is 2.17 bits per heavy atom. The van der Waals surface area contributed by atoms with Crippen LogP contribution in [-0.2, 0) is 0 Å². The van der Waals surface area contributed by atoms with Crippen molar-refractivity contribution in [1.82, 2.24) is 4.90 Å². The second-order valence-corrected chi connectivity index (χ2v) is 2.81. The summed E-state index contributed by atoms with van der Waals surface area (Å²) in [5.74, 6) is 0. The third-order valence-corrected chi connectivity index (χ3v) is 1.58. The fraction of sp³-hybridized carbons (Fsp3) is 0.500. The van der Waals surface area contributed by atoms with Crippen LogP contribution in [0.15, 0.2) is 23.9 Å². The summed E-state index contributed by atoms with van der Waals surface area (Å²) >= 11 is 0. The van der Waals surface area contributed by atoms with Crippen molar-refractivity contribution in [1.29, 1.82) is 0 Å². The van der Waals surface area contributed by atoms with E-state index in [-0.39, 0.29) is 0 Å². The van der Waals surface area contributed by atoms with Gasteiger partial charge in [0.25, 0.3) is 0 Å². The molecule has 0 spiro atoms. The van der Waals surface area contributed by atoms with Gasteiger partial charge in [-0.25, -0.2) is 0 Å². The number of alkyl halides is 3. The first-order chi connectivity index (χ1) is 5.47. The maximum absolute atomic E-state index is 11.8. The largest absolute Gasteiger partial charge is 0.405 e. The summed E-state index contributed by atoms with van der Waals surface area (Å²) in [4.78, 5) is 1.23. The number of allylic oxidation sites excluding steroid dienone is 2. The van der Waals surface area contributed by atoms with Crippen molar-refractivity contribution < 1.29 is 13.2 Å². The van der Waals surface area contributed by atoms with Crippen LogP contribution in [0.4, 0.5) is 13.2 Å². The van der Waals surface area contributed by atoms with Gasteiger partial charge in [-0.2, -0.15) is 13.2 Å². The molecule has 1 aliphatic rings. The van der Waals surface area contributed by atoms with Gasteiger partial charge in [-0.15, -0.1) is 0 Å². The first-order valence-corrected chi connectivity index (χ1v) is 3.63. The van der Waals surface area contributed by atoms with E-state index in [1.165, 1.54) is 11.1 Å². The van der Waals surface area contributed by atoms with Gasteiger partial charge < -0.3 is 4.90 Å². The lowest BCUT2D eigenvalue weighted by Gasteiger charge is -2.22. The summed E-state index contributed by atoms with van der Waals surface area (Å²) in [6.07, 6.45) is 0.813. The van der Waals surface area contributed by atoms with Gasteiger partial charge in [0.15, 0.2) is 0 Å². The Bertz CT molecular complexity index is 215. The zero-order valence-corrected chi connectivity index (χ0v) is 6.73. The lowest BCUT2D eigenvalue weighted by Crippen LogP contribution is -2.31. The van der Waals surface area contributed by atoms with Crippen LogP contribution in [0.5, 0.6) is 0 Å². The van der Waals surface area contributed by atoms with Gasteiger partial charge in [0.2, 0.25) is 0 Å². The van der Waals surface area contributed by atoms with E-state index < -0.39 is 12.7 Å². The van der Waals surface area contributed by atoms with Crippen LogP contribution in [0.1, 0.15) is 6.92 Å². The van der Waals surface area contributed by atoms with Crippen LogP contribution in [0.2, 0.25) is 0 Å². The van der Waals surface area contributed by atoms with Gasteiger partial charge in [-0.1, -0.05) is 11.6 Å². The van der Waals surface area contributed by atoms with Gasteiger partial charge >= 0.3 is 6.18 Å². The molecule has 0 saturated carbocycles. The highest BCUT2D eigenvalue weighted by atomic mass is 19.4. The predicted molar refractivity (Wildman–Crippen MR) is 40.5 cm³/mol. The first-order valence-electron chi connectivity index (χ1n) is 3.63. The fourth-order valence-corrected chi connectivity index (χ4v) is 0.961. The summed E-state index contributed by atoms with van der Waals surface area (Å²) in [5, 5.41) is 0. The van der Waals surface area contributed by atoms with Crippen molar-refractivity contribution in [2.24, 2.45) is 0 Å². The quantitative estimate of drug-likeness (QED) is 0.594. The molecule has 0 radical (unpaired) electrons. The summed E-state index contributed by atoms with van der Waals surface area (Å²) < 4.78 is 35.5. The molecule has 0 N–H and O–H groups in total. The third kappa shape index (κ3) is 2.98. The maximum Gasteiger partial charge on any atom is 0.405 e. The van der Waals surface area contributed by atoms with Crippen molar-refractivity contribution in [3.05, 3.63) is 23.9 Å². The van der Waals surface area contributed by atoms with Gasteiger partial charge in [0.05, 0.1) is 0 Å². The summed E-state index contributed by atoms with van der Waals surface area (Å²) in [6.45, 7) is 1.34. The minimum atomic E-state index is -4.11. The first kappa shape index (κ1) is 9.16. The summed E-state index contributed by atoms with van der Waals surface area (Å²) in [5.41, 5.74) is 1.01. The Morgan fingerprint density at radius 3 is 2.58 bits per heavy atom. The topological polar surface area (TPSA) is 3.24 Å². The molecule has 4 heteroatoms. The number of nitrogens with zero attached hydrogens (tertiary/aromatic N) is 1. The Balaban J connectivity index is 2.44. The van der Waals surface area contributed by atoms with Crippen molar-refractivity contribution in [2.75, 3.05) is 13.1 Å². The Morgan fingerprint density at radius 1 is 1.50 bits per heavy atom. The number of hydrogen-bond acceptors (Lipinski definition) is 1. The van der Waals surface area contributed by atoms with Gasteiger partial charge in [-0.3, -0.25) is 0 Å². The van der Waals surface area contributed by atoms with Crippen LogP contribution in [0, 0.1) is 0 Å². The standard InChI is InChI=1S/C8H10F3N/c1-7-2-4-12(5-3-7)6-8(9,10)11/h2-4H,5-6H2,1H3. The van der Waals surface area contributed by atoms with Crippen LogP contribution < -0.4 is 0 Å². The minimum absolute atomic E-state index is 0.349. The van der Waals surface area contributed by atoms with E-state index in [2.05, 4.69) is 0 Å². The molecule has 68 valence electrons. The van der Waals surface area contributed by atoms with Crippen molar-refractivity contribution in [3.63, 3.8) is 0 Å². The molecule has 1 aliphatic heterocycles. The van der Waals surface area contributed by atoms with E-state index >= 15 is 0 Å². The summed E-state index contributed by atoms with van der Waals surface area (Å²) in [7, 11) is 0. The number of hydrogen-bond donors (Lipinski definition) is 0. The van der Waals surface area contributed by atoms with E-state index in [0.717, 1.165) is 5.57 Å². The highest BCUT2D eigenvalue weighted by Crippen LogP contribution is 2.18. The van der Waals surface area contributed by atoms with E-state index in [1.807, 2.05) is 6.92 Å². The molecule has 0 aromatic rings. The van der Waals surface area contributed by atoms with E-state index in [0.29, 0.717) is 6.54 Å². The maximum atomic E-state index is 11.8. The molecule has 0 aliphatic carbocycles. The Labute approximate surface area is 69.2 Å². The van der Waals surface area contributed by atoms with Crippen LogP contribution in [0.25, 0.3) is 0 Å². The molecule has 0 fully saturated rings. The zero-order chi connectivity index (χ0) is 9.19. The van der Waals surface area contributed by atoms with Crippen molar-refractivity contribution in [3.8, 4) is 0 Å². The molecule has 0 atom stereocenters. The van der Waals surface area contributed by atoms with Crippen LogP contribution in [0.3, 0.4) is 0 Å². The minimum Gasteiger partial charge on any atom is -0.365 e. The molecular formula is C8H10F3N. The molecular weight excluding hydrogens is 167 g/mol. The molecule has 1 heterocycles. The van der Waals surface area contributed by atoms with E-state index in [9.17, 15) is 13.2 Å². The van der Waals surface area contributed by atoms with Crippen LogP contribution >= 0.6 is 0 Å². The molecule has 0 unspecified atom stereocenters. The second-order valence-electron chi connectivity index (χ2n) is 2.81. The highest BCUT2D eigenvalue weighted by Gasteiger charge is 2.29. The van der Waals surface area contributed by atoms with E-state index in [1.54, 1.807) is 12.2 Å². The molecule has 1 nitrogen and oxygen atoms in total. The van der Waals surface area contributed by atoms with Crippen molar-refractivity contribution in [2.45, 2.75) is 13.1 Å². The summed E-state index contributed by atoms with van der Waals surface area (Å²) in [6, 6.07) is 0. The predicted octanol–water partition coefficient (Wildman–Crippen LogP) is 2.32. The molecule has 0 aromatic carbocycles. The fourth-order valence-electron chi connectivity index (χ4n) is 0.961. The number of halogens is 3. The monoisotopic (exact) mass is 177 g/mol. The molecule has 0 amide bonds. The SMILES string of the molecule is CC1=CCN(CC(F)(F)F)C=C1. The lowest BCUT2D eigenvalue weighted by molar-refractivity contribution is -0.139. The highest BCUT2D eigenvalue weighted by molar-refractivity contribution is 5.19. The lowest BCUT2D eigenvalue weighted by atomic mass is 10.2. The zero-order valence-electron chi connectivity index (χ0n) is 6.73. The van der Waals surface area contributed by atoms with Gasteiger partial charge in [-0.05, 0) is 19.2 Å². The number of rotatable bonds is 1. The molecule has 1 rings (SSSR count). The molecule has 0 saturated heterocycles. The molecule has 12 heavy (non-hydrogen) atoms.